The smallest absolute Gasteiger partial charge is 0.150 e. The largest absolute Gasteiger partial charge is 0.489 e. The molecule has 3 nitrogen and oxygen atoms in total. The summed E-state index contributed by atoms with van der Waals surface area (Å²) < 4.78 is 11.7. The first-order valence-corrected chi connectivity index (χ1v) is 6.99. The Kier molecular flexibility index (Phi) is 3.88. The van der Waals surface area contributed by atoms with Crippen molar-refractivity contribution in [3.05, 3.63) is 59.7 Å². The SMILES string of the molecule is CNC1CCc2ccc(OCc3ccccc3)cc2O1. The van der Waals surface area contributed by atoms with Crippen LogP contribution in [0.4, 0.5) is 0 Å². The monoisotopic (exact) mass is 269 g/mol. The van der Waals surface area contributed by atoms with Crippen molar-refractivity contribution in [3.63, 3.8) is 0 Å². The van der Waals surface area contributed by atoms with Gasteiger partial charge in [-0.25, -0.2) is 0 Å². The van der Waals surface area contributed by atoms with Gasteiger partial charge in [0.25, 0.3) is 0 Å². The van der Waals surface area contributed by atoms with Crippen molar-refractivity contribution in [1.29, 1.82) is 0 Å². The first kappa shape index (κ1) is 13.0. The molecule has 1 heterocycles. The van der Waals surface area contributed by atoms with E-state index in [-0.39, 0.29) is 6.23 Å². The fraction of sp³-hybridized carbons (Fsp3) is 0.294. The molecule has 1 N–H and O–H groups in total. The molecule has 2 aromatic carbocycles. The van der Waals surface area contributed by atoms with Gasteiger partial charge in [0, 0.05) is 12.5 Å². The Morgan fingerprint density at radius 2 is 2.05 bits per heavy atom. The van der Waals surface area contributed by atoms with E-state index in [9.17, 15) is 0 Å². The van der Waals surface area contributed by atoms with Crippen LogP contribution in [0.15, 0.2) is 48.5 Å². The molecule has 1 atom stereocenters. The minimum atomic E-state index is 0.104. The van der Waals surface area contributed by atoms with Crippen LogP contribution in [0.25, 0.3) is 0 Å². The molecule has 3 heteroatoms. The molecule has 0 aliphatic carbocycles. The third-order valence-corrected chi connectivity index (χ3v) is 3.55. The van der Waals surface area contributed by atoms with Gasteiger partial charge in [-0.3, -0.25) is 5.32 Å². The number of benzene rings is 2. The molecule has 0 bridgehead atoms. The molecule has 104 valence electrons. The van der Waals surface area contributed by atoms with Crippen molar-refractivity contribution in [2.24, 2.45) is 0 Å². The molecular formula is C17H19NO2. The van der Waals surface area contributed by atoms with Gasteiger partial charge in [0.1, 0.15) is 24.3 Å². The molecule has 0 saturated heterocycles. The molecule has 1 aliphatic heterocycles. The van der Waals surface area contributed by atoms with Crippen molar-refractivity contribution >= 4 is 0 Å². The van der Waals surface area contributed by atoms with Gasteiger partial charge in [0.15, 0.2) is 0 Å². The van der Waals surface area contributed by atoms with E-state index in [0.29, 0.717) is 6.61 Å². The van der Waals surface area contributed by atoms with E-state index in [1.807, 2.05) is 37.4 Å². The fourth-order valence-electron chi connectivity index (χ4n) is 2.38. The summed E-state index contributed by atoms with van der Waals surface area (Å²) in [5.74, 6) is 1.78. The van der Waals surface area contributed by atoms with Gasteiger partial charge >= 0.3 is 0 Å². The summed E-state index contributed by atoms with van der Waals surface area (Å²) in [5, 5.41) is 3.16. The summed E-state index contributed by atoms with van der Waals surface area (Å²) in [6, 6.07) is 16.3. The molecule has 3 rings (SSSR count). The molecule has 2 aromatic rings. The van der Waals surface area contributed by atoms with Crippen molar-refractivity contribution < 1.29 is 9.47 Å². The van der Waals surface area contributed by atoms with Crippen LogP contribution < -0.4 is 14.8 Å². The minimum absolute atomic E-state index is 0.104. The van der Waals surface area contributed by atoms with Gasteiger partial charge in [-0.2, -0.15) is 0 Å². The number of hydrogen-bond acceptors (Lipinski definition) is 3. The number of fused-ring (bicyclic) bond motifs is 1. The third kappa shape index (κ3) is 2.94. The van der Waals surface area contributed by atoms with Gasteiger partial charge in [-0.1, -0.05) is 36.4 Å². The van der Waals surface area contributed by atoms with Crippen LogP contribution in [0, 0.1) is 0 Å². The van der Waals surface area contributed by atoms with Crippen LogP contribution in [-0.4, -0.2) is 13.3 Å². The Labute approximate surface area is 119 Å². The van der Waals surface area contributed by atoms with Crippen molar-refractivity contribution in [1.82, 2.24) is 5.32 Å². The average Bonchev–Trinajstić information content (AvgIpc) is 2.53. The predicted molar refractivity (Wildman–Crippen MR) is 79.0 cm³/mol. The van der Waals surface area contributed by atoms with Crippen LogP contribution in [0.3, 0.4) is 0 Å². The first-order chi connectivity index (χ1) is 9.85. The summed E-state index contributed by atoms with van der Waals surface area (Å²) in [7, 11) is 1.92. The van der Waals surface area contributed by atoms with Crippen LogP contribution in [0.2, 0.25) is 0 Å². The Morgan fingerprint density at radius 3 is 2.85 bits per heavy atom. The molecule has 0 aromatic heterocycles. The highest BCUT2D eigenvalue weighted by molar-refractivity contribution is 5.42. The number of rotatable bonds is 4. The van der Waals surface area contributed by atoms with Crippen LogP contribution >= 0.6 is 0 Å². The van der Waals surface area contributed by atoms with Gasteiger partial charge in [-0.05, 0) is 30.7 Å². The van der Waals surface area contributed by atoms with Gasteiger partial charge in [0.05, 0.1) is 0 Å². The highest BCUT2D eigenvalue weighted by atomic mass is 16.5. The predicted octanol–water partition coefficient (Wildman–Crippen LogP) is 3.14. The normalized spacial score (nSPS) is 17.1. The van der Waals surface area contributed by atoms with Gasteiger partial charge in [0.2, 0.25) is 0 Å². The number of ether oxygens (including phenoxy) is 2. The quantitative estimate of drug-likeness (QED) is 0.925. The zero-order chi connectivity index (χ0) is 13.8. The number of aryl methyl sites for hydroxylation is 1. The van der Waals surface area contributed by atoms with Crippen molar-refractivity contribution in [2.75, 3.05) is 7.05 Å². The molecule has 0 spiro atoms. The van der Waals surface area contributed by atoms with Crippen LogP contribution in [-0.2, 0) is 13.0 Å². The molecule has 1 unspecified atom stereocenters. The maximum absolute atomic E-state index is 5.88. The Hall–Kier alpha value is -2.00. The summed E-state index contributed by atoms with van der Waals surface area (Å²) >= 11 is 0. The molecule has 0 amide bonds. The summed E-state index contributed by atoms with van der Waals surface area (Å²) in [5.41, 5.74) is 2.42. The first-order valence-electron chi connectivity index (χ1n) is 6.99. The Balaban J connectivity index is 1.69. The molecule has 0 fully saturated rings. The molecule has 0 saturated carbocycles. The van der Waals surface area contributed by atoms with Crippen LogP contribution in [0.1, 0.15) is 17.5 Å². The van der Waals surface area contributed by atoms with Crippen molar-refractivity contribution in [3.8, 4) is 11.5 Å². The second kappa shape index (κ2) is 5.97. The fourth-order valence-corrected chi connectivity index (χ4v) is 2.38. The lowest BCUT2D eigenvalue weighted by Gasteiger charge is -2.26. The highest BCUT2D eigenvalue weighted by Crippen LogP contribution is 2.31. The lowest BCUT2D eigenvalue weighted by molar-refractivity contribution is 0.146. The molecule has 1 aliphatic rings. The lowest BCUT2D eigenvalue weighted by Crippen LogP contribution is -2.34. The van der Waals surface area contributed by atoms with E-state index in [4.69, 9.17) is 9.47 Å². The van der Waals surface area contributed by atoms with E-state index in [1.54, 1.807) is 0 Å². The van der Waals surface area contributed by atoms with Crippen LogP contribution in [0.5, 0.6) is 11.5 Å². The van der Waals surface area contributed by atoms with Gasteiger partial charge < -0.3 is 9.47 Å². The second-order valence-electron chi connectivity index (χ2n) is 4.98. The standard InChI is InChI=1S/C17H19NO2/c1-18-17-10-8-14-7-9-15(11-16(14)20-17)19-12-13-5-3-2-4-6-13/h2-7,9,11,17-18H,8,10,12H2,1H3. The third-order valence-electron chi connectivity index (χ3n) is 3.55. The minimum Gasteiger partial charge on any atom is -0.489 e. The maximum Gasteiger partial charge on any atom is 0.150 e. The molecule has 0 radical (unpaired) electrons. The van der Waals surface area contributed by atoms with E-state index < -0.39 is 0 Å². The van der Waals surface area contributed by atoms with E-state index in [1.165, 1.54) is 11.1 Å². The van der Waals surface area contributed by atoms with Gasteiger partial charge in [-0.15, -0.1) is 0 Å². The zero-order valence-corrected chi connectivity index (χ0v) is 11.6. The lowest BCUT2D eigenvalue weighted by atomic mass is 10.0. The number of hydrogen-bond donors (Lipinski definition) is 1. The zero-order valence-electron chi connectivity index (χ0n) is 11.6. The summed E-state index contributed by atoms with van der Waals surface area (Å²) in [4.78, 5) is 0. The van der Waals surface area contributed by atoms with E-state index >= 15 is 0 Å². The topological polar surface area (TPSA) is 30.5 Å². The second-order valence-corrected chi connectivity index (χ2v) is 4.98. The molecule has 20 heavy (non-hydrogen) atoms. The Morgan fingerprint density at radius 1 is 1.20 bits per heavy atom. The van der Waals surface area contributed by atoms with Crippen molar-refractivity contribution in [2.45, 2.75) is 25.7 Å². The van der Waals surface area contributed by atoms with E-state index in [2.05, 4.69) is 23.5 Å². The Bertz CT molecular complexity index is 568. The number of nitrogens with one attached hydrogen (secondary N) is 1. The molecular weight excluding hydrogens is 250 g/mol. The van der Waals surface area contributed by atoms with E-state index in [0.717, 1.165) is 24.3 Å². The summed E-state index contributed by atoms with van der Waals surface area (Å²) in [6.07, 6.45) is 2.15. The average molecular weight is 269 g/mol. The highest BCUT2D eigenvalue weighted by Gasteiger charge is 2.18. The maximum atomic E-state index is 5.88. The summed E-state index contributed by atoms with van der Waals surface area (Å²) in [6.45, 7) is 0.578.